The van der Waals surface area contributed by atoms with Crippen molar-refractivity contribution in [2.24, 2.45) is 0 Å². The Morgan fingerprint density at radius 1 is 1.41 bits per heavy atom. The Hall–Kier alpha value is -1.50. The van der Waals surface area contributed by atoms with Crippen LogP contribution in [0.4, 0.5) is 0 Å². The molecule has 118 valence electrons. The van der Waals surface area contributed by atoms with Crippen molar-refractivity contribution in [2.45, 2.75) is 32.5 Å². The maximum absolute atomic E-state index is 10.8. The minimum Gasteiger partial charge on any atom is -0.384 e. The summed E-state index contributed by atoms with van der Waals surface area (Å²) >= 11 is 3.41. The van der Waals surface area contributed by atoms with Crippen LogP contribution in [0.2, 0.25) is 0 Å². The molecule has 1 aromatic heterocycles. The summed E-state index contributed by atoms with van der Waals surface area (Å²) in [6.07, 6.45) is 4.04. The maximum atomic E-state index is 10.8. The number of ether oxygens (including phenoxy) is 1. The molecule has 0 spiro atoms. The second-order valence-electron chi connectivity index (χ2n) is 5.40. The molecule has 0 saturated heterocycles. The largest absolute Gasteiger partial charge is 0.384 e. The second-order valence-corrected chi connectivity index (χ2v) is 6.32. The molecule has 2 rings (SSSR count). The Kier molecular flexibility index (Phi) is 5.50. The topological polar surface area (TPSA) is 60.2 Å². The van der Waals surface area contributed by atoms with Crippen molar-refractivity contribution in [1.82, 2.24) is 14.8 Å². The highest BCUT2D eigenvalue weighted by Gasteiger charge is 2.32. The fourth-order valence-electron chi connectivity index (χ4n) is 2.15. The predicted molar refractivity (Wildman–Crippen MR) is 90.0 cm³/mol. The molecule has 1 unspecified atom stereocenters. The highest BCUT2D eigenvalue weighted by molar-refractivity contribution is 9.10. The van der Waals surface area contributed by atoms with E-state index in [1.54, 1.807) is 11.0 Å². The summed E-state index contributed by atoms with van der Waals surface area (Å²) in [6, 6.07) is 7.82. The summed E-state index contributed by atoms with van der Waals surface area (Å²) in [5.41, 5.74) is 0.834. The first-order chi connectivity index (χ1) is 10.4. The molecule has 0 fully saturated rings. The maximum Gasteiger partial charge on any atom is 0.138 e. The van der Waals surface area contributed by atoms with E-state index in [2.05, 4.69) is 26.0 Å². The third kappa shape index (κ3) is 4.03. The molecule has 1 N–H and O–H groups in total. The number of hydrogen-bond donors (Lipinski definition) is 1. The van der Waals surface area contributed by atoms with Crippen LogP contribution in [0.5, 0.6) is 0 Å². The number of aromatic nitrogens is 3. The number of halogens is 1. The zero-order valence-electron chi connectivity index (χ0n) is 12.9. The molecule has 0 aliphatic heterocycles. The molecular formula is C16H20BrN3O2. The van der Waals surface area contributed by atoms with Crippen LogP contribution >= 0.6 is 15.9 Å². The highest BCUT2D eigenvalue weighted by atomic mass is 79.9. The lowest BCUT2D eigenvalue weighted by molar-refractivity contribution is -0.0753. The van der Waals surface area contributed by atoms with Crippen LogP contribution < -0.4 is 0 Å². The lowest BCUT2D eigenvalue weighted by atomic mass is 9.97. The standard InChI is InChI=1S/C16H20BrN3O2/c1-4-22-16(2,3)15(21)14(20-11-18-10-19-20)9-12-5-7-13(17)8-6-12/h5-11,15,21H,4H2,1-3H3/b14-9-. The van der Waals surface area contributed by atoms with E-state index in [1.807, 2.05) is 51.1 Å². The molecule has 0 aliphatic carbocycles. The lowest BCUT2D eigenvalue weighted by Crippen LogP contribution is -2.41. The monoisotopic (exact) mass is 365 g/mol. The average Bonchev–Trinajstić information content (AvgIpc) is 3.00. The van der Waals surface area contributed by atoms with Gasteiger partial charge in [-0.2, -0.15) is 5.10 Å². The van der Waals surface area contributed by atoms with E-state index < -0.39 is 11.7 Å². The van der Waals surface area contributed by atoms with Gasteiger partial charge in [-0.3, -0.25) is 0 Å². The molecule has 1 heterocycles. The van der Waals surface area contributed by atoms with Crippen LogP contribution in [0.25, 0.3) is 11.8 Å². The molecule has 1 atom stereocenters. The molecule has 6 heteroatoms. The Labute approximate surface area is 138 Å². The van der Waals surface area contributed by atoms with Crippen molar-refractivity contribution in [2.75, 3.05) is 6.61 Å². The van der Waals surface area contributed by atoms with Gasteiger partial charge in [0, 0.05) is 11.1 Å². The zero-order chi connectivity index (χ0) is 16.2. The van der Waals surface area contributed by atoms with Gasteiger partial charge in [-0.1, -0.05) is 28.1 Å². The Morgan fingerprint density at radius 2 is 2.09 bits per heavy atom. The van der Waals surface area contributed by atoms with E-state index in [0.717, 1.165) is 10.0 Å². The number of aliphatic hydroxyl groups is 1. The van der Waals surface area contributed by atoms with Gasteiger partial charge in [0.1, 0.15) is 18.8 Å². The zero-order valence-corrected chi connectivity index (χ0v) is 14.5. The number of benzene rings is 1. The molecule has 5 nitrogen and oxygen atoms in total. The van der Waals surface area contributed by atoms with Crippen LogP contribution in [-0.4, -0.2) is 38.2 Å². The van der Waals surface area contributed by atoms with Gasteiger partial charge >= 0.3 is 0 Å². The average molecular weight is 366 g/mol. The third-order valence-corrected chi connectivity index (χ3v) is 3.85. The van der Waals surface area contributed by atoms with Gasteiger partial charge in [0.05, 0.1) is 11.3 Å². The van der Waals surface area contributed by atoms with Gasteiger partial charge in [-0.15, -0.1) is 0 Å². The normalized spacial score (nSPS) is 14.1. The minimum absolute atomic E-state index is 0.521. The van der Waals surface area contributed by atoms with E-state index >= 15 is 0 Å². The number of rotatable bonds is 6. The van der Waals surface area contributed by atoms with Gasteiger partial charge < -0.3 is 9.84 Å². The molecular weight excluding hydrogens is 346 g/mol. The minimum atomic E-state index is -0.849. The van der Waals surface area contributed by atoms with Crippen LogP contribution in [0.1, 0.15) is 26.3 Å². The Balaban J connectivity index is 2.41. The lowest BCUT2D eigenvalue weighted by Gasteiger charge is -2.31. The summed E-state index contributed by atoms with van der Waals surface area (Å²) in [5, 5.41) is 14.9. The van der Waals surface area contributed by atoms with Crippen molar-refractivity contribution >= 4 is 27.7 Å². The first-order valence-corrected chi connectivity index (χ1v) is 7.87. The summed E-state index contributed by atoms with van der Waals surface area (Å²) in [6.45, 7) is 6.13. The van der Waals surface area contributed by atoms with Crippen molar-refractivity contribution in [3.8, 4) is 0 Å². The van der Waals surface area contributed by atoms with Crippen molar-refractivity contribution in [1.29, 1.82) is 0 Å². The molecule has 2 aromatic rings. The summed E-state index contributed by atoms with van der Waals surface area (Å²) in [7, 11) is 0. The van der Waals surface area contributed by atoms with Crippen LogP contribution in [-0.2, 0) is 4.74 Å². The van der Waals surface area contributed by atoms with Crippen LogP contribution in [0.3, 0.4) is 0 Å². The second kappa shape index (κ2) is 7.17. The van der Waals surface area contributed by atoms with Crippen molar-refractivity contribution in [3.63, 3.8) is 0 Å². The quantitative estimate of drug-likeness (QED) is 0.853. The smallest absolute Gasteiger partial charge is 0.138 e. The molecule has 0 amide bonds. The van der Waals surface area contributed by atoms with E-state index in [9.17, 15) is 5.11 Å². The SMILES string of the molecule is CCOC(C)(C)C(O)/C(=C/c1ccc(Br)cc1)n1cncn1. The summed E-state index contributed by atoms with van der Waals surface area (Å²) in [4.78, 5) is 3.96. The number of aliphatic hydroxyl groups excluding tert-OH is 1. The fourth-order valence-corrected chi connectivity index (χ4v) is 2.41. The molecule has 0 radical (unpaired) electrons. The fraction of sp³-hybridized carbons (Fsp3) is 0.375. The summed E-state index contributed by atoms with van der Waals surface area (Å²) < 4.78 is 8.23. The van der Waals surface area contributed by atoms with Gasteiger partial charge in [0.2, 0.25) is 0 Å². The van der Waals surface area contributed by atoms with E-state index in [1.165, 1.54) is 6.33 Å². The Morgan fingerprint density at radius 3 is 2.64 bits per heavy atom. The molecule has 0 aliphatic rings. The Bertz CT molecular complexity index is 621. The highest BCUT2D eigenvalue weighted by Crippen LogP contribution is 2.26. The van der Waals surface area contributed by atoms with Crippen molar-refractivity contribution < 1.29 is 9.84 Å². The first-order valence-electron chi connectivity index (χ1n) is 7.08. The van der Waals surface area contributed by atoms with Gasteiger partial charge in [0.25, 0.3) is 0 Å². The van der Waals surface area contributed by atoms with Crippen LogP contribution in [0, 0.1) is 0 Å². The molecule has 0 bridgehead atoms. The number of hydrogen-bond acceptors (Lipinski definition) is 4. The van der Waals surface area contributed by atoms with Gasteiger partial charge in [-0.25, -0.2) is 9.67 Å². The molecule has 1 aromatic carbocycles. The summed E-state index contributed by atoms with van der Waals surface area (Å²) in [5.74, 6) is 0. The molecule has 0 saturated carbocycles. The number of nitrogens with zero attached hydrogens (tertiary/aromatic N) is 3. The van der Waals surface area contributed by atoms with Crippen molar-refractivity contribution in [3.05, 3.63) is 47.0 Å². The van der Waals surface area contributed by atoms with E-state index in [4.69, 9.17) is 4.74 Å². The van der Waals surface area contributed by atoms with E-state index in [-0.39, 0.29) is 0 Å². The van der Waals surface area contributed by atoms with Gasteiger partial charge in [-0.05, 0) is 44.5 Å². The third-order valence-electron chi connectivity index (χ3n) is 3.32. The molecule has 22 heavy (non-hydrogen) atoms. The van der Waals surface area contributed by atoms with Gasteiger partial charge in [0.15, 0.2) is 0 Å². The van der Waals surface area contributed by atoms with Crippen LogP contribution in [0.15, 0.2) is 41.4 Å². The van der Waals surface area contributed by atoms with E-state index in [0.29, 0.717) is 12.3 Å². The first kappa shape index (κ1) is 16.9. The predicted octanol–water partition coefficient (Wildman–Crippen LogP) is 3.21.